The van der Waals surface area contributed by atoms with E-state index >= 15 is 0 Å². The van der Waals surface area contributed by atoms with Crippen LogP contribution in [0.3, 0.4) is 0 Å². The lowest BCUT2D eigenvalue weighted by Crippen LogP contribution is -2.25. The lowest BCUT2D eigenvalue weighted by Gasteiger charge is -2.21. The second kappa shape index (κ2) is 5.35. The van der Waals surface area contributed by atoms with Crippen LogP contribution >= 0.6 is 0 Å². The molecule has 1 aliphatic carbocycles. The predicted octanol–water partition coefficient (Wildman–Crippen LogP) is 4.37. The number of hydrogen-bond donors (Lipinski definition) is 1. The first-order valence-electron chi connectivity index (χ1n) is 6.25. The Morgan fingerprint density at radius 1 is 0.895 bits per heavy atom. The van der Waals surface area contributed by atoms with Gasteiger partial charge in [-0.05, 0) is 18.8 Å². The summed E-state index contributed by atoms with van der Waals surface area (Å²) in [5, 5.41) is 2.49. The highest BCUT2D eigenvalue weighted by Crippen LogP contribution is 2.34. The molecular formula is C13H14F5N. The molecule has 1 aliphatic rings. The fourth-order valence-corrected chi connectivity index (χ4v) is 2.63. The topological polar surface area (TPSA) is 12.0 Å². The van der Waals surface area contributed by atoms with Gasteiger partial charge in [-0.15, -0.1) is 0 Å². The highest BCUT2D eigenvalue weighted by atomic mass is 19.2. The largest absolute Gasteiger partial charge is 0.377 e. The summed E-state index contributed by atoms with van der Waals surface area (Å²) >= 11 is 0. The molecule has 0 radical (unpaired) electrons. The molecule has 0 aromatic heterocycles. The Hall–Kier alpha value is -1.33. The van der Waals surface area contributed by atoms with Crippen molar-refractivity contribution in [3.05, 3.63) is 29.1 Å². The zero-order chi connectivity index (χ0) is 14.2. The Bertz CT molecular complexity index is 459. The molecule has 0 spiro atoms. The smallest absolute Gasteiger partial charge is 0.200 e. The van der Waals surface area contributed by atoms with Crippen molar-refractivity contribution in [2.45, 2.75) is 38.6 Å². The average Bonchev–Trinajstić information content (AvgIpc) is 2.86. The van der Waals surface area contributed by atoms with Crippen LogP contribution in [-0.2, 0) is 0 Å². The van der Waals surface area contributed by atoms with Crippen molar-refractivity contribution in [1.82, 2.24) is 0 Å². The fourth-order valence-electron chi connectivity index (χ4n) is 2.63. The maximum Gasteiger partial charge on any atom is 0.200 e. The second-order valence-corrected chi connectivity index (χ2v) is 4.79. The van der Waals surface area contributed by atoms with Gasteiger partial charge in [-0.2, -0.15) is 0 Å². The van der Waals surface area contributed by atoms with Crippen molar-refractivity contribution in [2.24, 2.45) is 5.92 Å². The SMILES string of the molecule is CCC1CCCC1Nc1c(F)c(F)c(F)c(F)c1F. The van der Waals surface area contributed by atoms with Gasteiger partial charge < -0.3 is 5.32 Å². The molecule has 0 heterocycles. The molecule has 6 heteroatoms. The molecule has 1 saturated carbocycles. The standard InChI is InChI=1S/C13H14F5N/c1-2-6-4-3-5-7(6)19-13-11(17)9(15)8(14)10(16)12(13)18/h6-7,19H,2-5H2,1H3. The van der Waals surface area contributed by atoms with Gasteiger partial charge in [0.2, 0.25) is 5.82 Å². The maximum atomic E-state index is 13.5. The molecule has 0 saturated heterocycles. The van der Waals surface area contributed by atoms with Crippen molar-refractivity contribution in [1.29, 1.82) is 0 Å². The van der Waals surface area contributed by atoms with Crippen LogP contribution in [0.1, 0.15) is 32.6 Å². The zero-order valence-corrected chi connectivity index (χ0v) is 10.4. The predicted molar refractivity (Wildman–Crippen MR) is 61.3 cm³/mol. The van der Waals surface area contributed by atoms with Gasteiger partial charge in [-0.3, -0.25) is 0 Å². The van der Waals surface area contributed by atoms with Crippen molar-refractivity contribution >= 4 is 5.69 Å². The van der Waals surface area contributed by atoms with Crippen LogP contribution < -0.4 is 5.32 Å². The summed E-state index contributed by atoms with van der Waals surface area (Å²) in [6.45, 7) is 1.93. The first-order valence-corrected chi connectivity index (χ1v) is 6.25. The third-order valence-corrected chi connectivity index (χ3v) is 3.72. The number of nitrogens with one attached hydrogen (secondary N) is 1. The van der Waals surface area contributed by atoms with Gasteiger partial charge in [-0.25, -0.2) is 22.0 Å². The Morgan fingerprint density at radius 3 is 1.95 bits per heavy atom. The summed E-state index contributed by atoms with van der Waals surface area (Å²) in [4.78, 5) is 0. The van der Waals surface area contributed by atoms with E-state index in [-0.39, 0.29) is 12.0 Å². The van der Waals surface area contributed by atoms with E-state index in [4.69, 9.17) is 0 Å². The quantitative estimate of drug-likeness (QED) is 0.492. The molecule has 19 heavy (non-hydrogen) atoms. The molecule has 0 aliphatic heterocycles. The van der Waals surface area contributed by atoms with E-state index in [1.807, 2.05) is 6.92 Å². The Kier molecular flexibility index (Phi) is 3.96. The minimum absolute atomic E-state index is 0.190. The van der Waals surface area contributed by atoms with Crippen LogP contribution in [0.25, 0.3) is 0 Å². The van der Waals surface area contributed by atoms with Crippen LogP contribution in [0.15, 0.2) is 0 Å². The molecule has 1 aromatic carbocycles. The van der Waals surface area contributed by atoms with E-state index < -0.39 is 34.8 Å². The summed E-state index contributed by atoms with van der Waals surface area (Å²) in [5.74, 6) is -9.34. The summed E-state index contributed by atoms with van der Waals surface area (Å²) in [6, 6.07) is -0.252. The minimum Gasteiger partial charge on any atom is -0.377 e. The molecule has 1 nitrogen and oxygen atoms in total. The van der Waals surface area contributed by atoms with E-state index in [0.717, 1.165) is 19.3 Å². The first kappa shape index (κ1) is 14.1. The van der Waals surface area contributed by atoms with Crippen LogP contribution in [0.5, 0.6) is 0 Å². The molecule has 2 rings (SSSR count). The van der Waals surface area contributed by atoms with Gasteiger partial charge in [0.15, 0.2) is 23.3 Å². The number of rotatable bonds is 3. The van der Waals surface area contributed by atoms with Crippen LogP contribution in [0.2, 0.25) is 0 Å². The highest BCUT2D eigenvalue weighted by Gasteiger charge is 2.31. The monoisotopic (exact) mass is 279 g/mol. The highest BCUT2D eigenvalue weighted by molar-refractivity contribution is 5.48. The fraction of sp³-hybridized carbons (Fsp3) is 0.538. The van der Waals surface area contributed by atoms with Crippen molar-refractivity contribution in [3.63, 3.8) is 0 Å². The molecular weight excluding hydrogens is 265 g/mol. The molecule has 2 unspecified atom stereocenters. The van der Waals surface area contributed by atoms with Gasteiger partial charge in [0.1, 0.15) is 5.69 Å². The molecule has 2 atom stereocenters. The van der Waals surface area contributed by atoms with E-state index in [1.54, 1.807) is 0 Å². The van der Waals surface area contributed by atoms with Gasteiger partial charge in [0, 0.05) is 6.04 Å². The Balaban J connectivity index is 2.35. The summed E-state index contributed by atoms with van der Waals surface area (Å²) in [7, 11) is 0. The van der Waals surface area contributed by atoms with E-state index in [1.165, 1.54) is 0 Å². The second-order valence-electron chi connectivity index (χ2n) is 4.79. The summed E-state index contributed by atoms with van der Waals surface area (Å²) in [5.41, 5.74) is -0.915. The number of halogens is 5. The van der Waals surface area contributed by atoms with E-state index in [2.05, 4.69) is 5.32 Å². The van der Waals surface area contributed by atoms with Crippen molar-refractivity contribution in [3.8, 4) is 0 Å². The summed E-state index contributed by atoms with van der Waals surface area (Å²) in [6.07, 6.45) is 3.24. The Morgan fingerprint density at radius 2 is 1.42 bits per heavy atom. The van der Waals surface area contributed by atoms with Gasteiger partial charge in [0.05, 0.1) is 0 Å². The summed E-state index contributed by atoms with van der Waals surface area (Å²) < 4.78 is 66.0. The third-order valence-electron chi connectivity index (χ3n) is 3.72. The average molecular weight is 279 g/mol. The number of hydrogen-bond acceptors (Lipinski definition) is 1. The van der Waals surface area contributed by atoms with Gasteiger partial charge >= 0.3 is 0 Å². The minimum atomic E-state index is -2.13. The first-order chi connectivity index (χ1) is 8.97. The van der Waals surface area contributed by atoms with Gasteiger partial charge in [0.25, 0.3) is 0 Å². The van der Waals surface area contributed by atoms with Gasteiger partial charge in [-0.1, -0.05) is 19.8 Å². The molecule has 1 aromatic rings. The van der Waals surface area contributed by atoms with Crippen LogP contribution in [0, 0.1) is 35.0 Å². The molecule has 1 N–H and O–H groups in total. The third kappa shape index (κ3) is 2.40. The molecule has 1 fully saturated rings. The van der Waals surface area contributed by atoms with Crippen LogP contribution in [0.4, 0.5) is 27.6 Å². The molecule has 0 bridgehead atoms. The maximum absolute atomic E-state index is 13.5. The van der Waals surface area contributed by atoms with Crippen LogP contribution in [-0.4, -0.2) is 6.04 Å². The van der Waals surface area contributed by atoms with E-state index in [0.29, 0.717) is 6.42 Å². The Labute approximate surface area is 107 Å². The lowest BCUT2D eigenvalue weighted by atomic mass is 10.0. The number of anilines is 1. The van der Waals surface area contributed by atoms with Crippen molar-refractivity contribution in [2.75, 3.05) is 5.32 Å². The number of benzene rings is 1. The van der Waals surface area contributed by atoms with E-state index in [9.17, 15) is 22.0 Å². The molecule has 106 valence electrons. The zero-order valence-electron chi connectivity index (χ0n) is 10.4. The van der Waals surface area contributed by atoms with Crippen molar-refractivity contribution < 1.29 is 22.0 Å². The molecule has 0 amide bonds. The lowest BCUT2D eigenvalue weighted by molar-refractivity contribution is 0.379. The normalized spacial score (nSPS) is 22.8.